The van der Waals surface area contributed by atoms with Crippen molar-refractivity contribution in [2.24, 2.45) is 0 Å². The summed E-state index contributed by atoms with van der Waals surface area (Å²) in [5.74, 6) is 0.464. The molecule has 20 heavy (non-hydrogen) atoms. The van der Waals surface area contributed by atoms with E-state index >= 15 is 0 Å². The molecule has 0 saturated carbocycles. The fraction of sp³-hybridized carbons (Fsp3) is 0.600. The van der Waals surface area contributed by atoms with Gasteiger partial charge >= 0.3 is 0 Å². The monoisotopic (exact) mass is 360 g/mol. The summed E-state index contributed by atoms with van der Waals surface area (Å²) in [7, 11) is -1.88. The lowest BCUT2D eigenvalue weighted by Gasteiger charge is -2.40. The Bertz CT molecular complexity index is 511. The van der Waals surface area contributed by atoms with Crippen LogP contribution in [0.15, 0.2) is 16.6 Å². The summed E-state index contributed by atoms with van der Waals surface area (Å²) in [5, 5.41) is 0.138. The molecule has 0 spiro atoms. The Morgan fingerprint density at radius 3 is 2.60 bits per heavy atom. The van der Waals surface area contributed by atoms with E-state index in [0.717, 1.165) is 17.7 Å². The Hall–Kier alpha value is -0.393. The van der Waals surface area contributed by atoms with E-state index in [4.69, 9.17) is 9.16 Å². The Labute approximate surface area is 129 Å². The van der Waals surface area contributed by atoms with E-state index in [-0.39, 0.29) is 17.0 Å². The smallest absolute Gasteiger partial charge is 0.192 e. The number of halogens is 2. The first-order chi connectivity index (χ1) is 9.12. The zero-order valence-electron chi connectivity index (χ0n) is 12.7. The molecule has 0 saturated heterocycles. The highest BCUT2D eigenvalue weighted by Gasteiger charge is 2.40. The second-order valence-electron chi connectivity index (χ2n) is 6.81. The van der Waals surface area contributed by atoms with Gasteiger partial charge in [-0.2, -0.15) is 0 Å². The first kappa shape index (κ1) is 16.0. The van der Waals surface area contributed by atoms with E-state index in [0.29, 0.717) is 11.1 Å². The van der Waals surface area contributed by atoms with Crippen LogP contribution in [0.1, 0.15) is 38.9 Å². The molecule has 1 aromatic carbocycles. The third kappa shape index (κ3) is 3.10. The predicted molar refractivity (Wildman–Crippen MR) is 85.2 cm³/mol. The lowest BCUT2D eigenvalue weighted by atomic mass is 10.0. The molecule has 0 amide bonds. The van der Waals surface area contributed by atoms with Gasteiger partial charge < -0.3 is 9.16 Å². The molecule has 0 radical (unpaired) electrons. The first-order valence-corrected chi connectivity index (χ1v) is 10.6. The highest BCUT2D eigenvalue weighted by Crippen LogP contribution is 2.44. The topological polar surface area (TPSA) is 18.5 Å². The number of hydrogen-bond acceptors (Lipinski definition) is 2. The second kappa shape index (κ2) is 5.43. The quantitative estimate of drug-likeness (QED) is 0.654. The van der Waals surface area contributed by atoms with E-state index in [2.05, 4.69) is 49.8 Å². The summed E-state index contributed by atoms with van der Waals surface area (Å²) in [4.78, 5) is 0. The maximum absolute atomic E-state index is 13.8. The van der Waals surface area contributed by atoms with Crippen molar-refractivity contribution in [3.05, 3.63) is 28.0 Å². The maximum Gasteiger partial charge on any atom is 0.192 e. The minimum atomic E-state index is -1.88. The van der Waals surface area contributed by atoms with Crippen molar-refractivity contribution in [2.75, 3.05) is 6.61 Å². The average molecular weight is 361 g/mol. The van der Waals surface area contributed by atoms with E-state index in [1.54, 1.807) is 6.07 Å². The van der Waals surface area contributed by atoms with Crippen LogP contribution in [-0.2, 0) is 4.43 Å². The SMILES string of the molecule is CC(C)(C)[Si](C)(C)OC1CCOc2cc(Br)c(F)cc21. The lowest BCUT2D eigenvalue weighted by Crippen LogP contribution is -2.42. The third-order valence-electron chi connectivity index (χ3n) is 4.28. The second-order valence-corrected chi connectivity index (χ2v) is 12.4. The van der Waals surface area contributed by atoms with E-state index in [1.807, 2.05) is 0 Å². The van der Waals surface area contributed by atoms with Crippen molar-refractivity contribution >= 4 is 24.2 Å². The van der Waals surface area contributed by atoms with Gasteiger partial charge in [-0.3, -0.25) is 0 Å². The maximum atomic E-state index is 13.8. The van der Waals surface area contributed by atoms with Crippen molar-refractivity contribution in [1.29, 1.82) is 0 Å². The van der Waals surface area contributed by atoms with Gasteiger partial charge in [0.25, 0.3) is 0 Å². The molecular weight excluding hydrogens is 339 g/mol. The van der Waals surface area contributed by atoms with Crippen LogP contribution in [-0.4, -0.2) is 14.9 Å². The summed E-state index contributed by atoms with van der Waals surface area (Å²) < 4.78 is 26.3. The molecule has 1 atom stereocenters. The van der Waals surface area contributed by atoms with Crippen molar-refractivity contribution in [3.63, 3.8) is 0 Å². The standard InChI is InChI=1S/C15H22BrFO2Si/c1-15(2,3)20(4,5)19-13-6-7-18-14-9-11(16)12(17)8-10(13)14/h8-9,13H,6-7H2,1-5H3. The molecule has 0 N–H and O–H groups in total. The number of hydrogen-bond donors (Lipinski definition) is 0. The molecule has 2 rings (SSSR count). The molecule has 0 fully saturated rings. The van der Waals surface area contributed by atoms with Gasteiger partial charge in [-0.15, -0.1) is 0 Å². The molecular formula is C15H22BrFO2Si. The molecule has 1 heterocycles. The molecule has 0 bridgehead atoms. The van der Waals surface area contributed by atoms with Gasteiger partial charge in [0, 0.05) is 12.0 Å². The number of benzene rings is 1. The molecule has 0 aromatic heterocycles. The zero-order valence-corrected chi connectivity index (χ0v) is 15.3. The summed E-state index contributed by atoms with van der Waals surface area (Å²) in [5.41, 5.74) is 0.835. The van der Waals surface area contributed by atoms with Crippen LogP contribution in [0.2, 0.25) is 18.1 Å². The minimum absolute atomic E-state index is 0.0674. The summed E-state index contributed by atoms with van der Waals surface area (Å²) in [6.07, 6.45) is 0.711. The number of ether oxygens (including phenoxy) is 1. The summed E-state index contributed by atoms with van der Waals surface area (Å²) in [6, 6.07) is 3.24. The highest BCUT2D eigenvalue weighted by molar-refractivity contribution is 9.10. The Kier molecular flexibility index (Phi) is 4.34. The molecule has 1 unspecified atom stereocenters. The van der Waals surface area contributed by atoms with Gasteiger partial charge in [0.1, 0.15) is 11.6 Å². The van der Waals surface area contributed by atoms with Crippen LogP contribution in [0, 0.1) is 5.82 Å². The van der Waals surface area contributed by atoms with Crippen LogP contribution in [0.5, 0.6) is 5.75 Å². The van der Waals surface area contributed by atoms with Crippen LogP contribution < -0.4 is 4.74 Å². The average Bonchev–Trinajstić information content (AvgIpc) is 2.30. The van der Waals surface area contributed by atoms with Gasteiger partial charge in [-0.25, -0.2) is 4.39 Å². The van der Waals surface area contributed by atoms with E-state index in [9.17, 15) is 4.39 Å². The Balaban J connectivity index is 2.32. The largest absolute Gasteiger partial charge is 0.493 e. The van der Waals surface area contributed by atoms with Gasteiger partial charge in [-0.05, 0) is 46.2 Å². The molecule has 0 aliphatic carbocycles. The summed E-state index contributed by atoms with van der Waals surface area (Å²) in [6.45, 7) is 11.7. The first-order valence-electron chi connectivity index (χ1n) is 6.91. The molecule has 1 aromatic rings. The molecule has 2 nitrogen and oxygen atoms in total. The van der Waals surface area contributed by atoms with Gasteiger partial charge in [0.05, 0.1) is 17.2 Å². The van der Waals surface area contributed by atoms with Crippen LogP contribution >= 0.6 is 15.9 Å². The molecule has 1 aliphatic rings. The van der Waals surface area contributed by atoms with Gasteiger partial charge in [0.2, 0.25) is 0 Å². The van der Waals surface area contributed by atoms with Crippen molar-refractivity contribution in [2.45, 2.75) is 51.4 Å². The normalized spacial score (nSPS) is 19.4. The van der Waals surface area contributed by atoms with E-state index in [1.165, 1.54) is 6.07 Å². The summed E-state index contributed by atoms with van der Waals surface area (Å²) >= 11 is 3.20. The van der Waals surface area contributed by atoms with Crippen LogP contribution in [0.25, 0.3) is 0 Å². The van der Waals surface area contributed by atoms with Gasteiger partial charge in [-0.1, -0.05) is 20.8 Å². The molecule has 1 aliphatic heterocycles. The number of rotatable bonds is 2. The predicted octanol–water partition coefficient (Wildman–Crippen LogP) is 5.43. The van der Waals surface area contributed by atoms with Crippen LogP contribution in [0.3, 0.4) is 0 Å². The minimum Gasteiger partial charge on any atom is -0.493 e. The van der Waals surface area contributed by atoms with Crippen molar-refractivity contribution in [3.8, 4) is 5.75 Å². The van der Waals surface area contributed by atoms with Gasteiger partial charge in [0.15, 0.2) is 8.32 Å². The Morgan fingerprint density at radius 1 is 1.35 bits per heavy atom. The lowest BCUT2D eigenvalue weighted by molar-refractivity contribution is 0.122. The third-order valence-corrected chi connectivity index (χ3v) is 9.37. The van der Waals surface area contributed by atoms with Crippen molar-refractivity contribution < 1.29 is 13.6 Å². The zero-order chi connectivity index (χ0) is 15.1. The molecule has 112 valence electrons. The Morgan fingerprint density at radius 2 is 2.00 bits per heavy atom. The fourth-order valence-electron chi connectivity index (χ4n) is 2.01. The van der Waals surface area contributed by atoms with Crippen molar-refractivity contribution in [1.82, 2.24) is 0 Å². The van der Waals surface area contributed by atoms with Crippen LogP contribution in [0.4, 0.5) is 4.39 Å². The highest BCUT2D eigenvalue weighted by atomic mass is 79.9. The fourth-order valence-corrected chi connectivity index (χ4v) is 3.64. The van der Waals surface area contributed by atoms with E-state index < -0.39 is 8.32 Å². The number of fused-ring (bicyclic) bond motifs is 1. The molecule has 5 heteroatoms.